The molecular weight excluding hydrogens is 1050 g/mol. The molecule has 2 heterocycles. The Labute approximate surface area is 443 Å². The molecule has 7 rings (SSSR count). The quantitative estimate of drug-likeness (QED) is 0.0622. The molecular formula is C52H70ClN6O9PS4. The van der Waals surface area contributed by atoms with Crippen molar-refractivity contribution in [3.05, 3.63) is 119 Å². The molecule has 2 fully saturated rings. The molecule has 73 heavy (non-hydrogen) atoms. The monoisotopic (exact) mass is 1120 g/mol. The number of carbonyl (C=O) groups excluding carboxylic acids is 1. The summed E-state index contributed by atoms with van der Waals surface area (Å²) in [5, 5.41) is 0.726. The van der Waals surface area contributed by atoms with Crippen LogP contribution in [0.2, 0.25) is 5.02 Å². The van der Waals surface area contributed by atoms with Crippen LogP contribution in [0.25, 0.3) is 5.57 Å². The van der Waals surface area contributed by atoms with Crippen LogP contribution in [0.1, 0.15) is 62.4 Å². The number of piperazine rings is 2. The van der Waals surface area contributed by atoms with E-state index >= 15 is 0 Å². The molecule has 0 aromatic heterocycles. The summed E-state index contributed by atoms with van der Waals surface area (Å²) in [6.45, 7) is 15.7. The zero-order chi connectivity index (χ0) is 52.8. The van der Waals surface area contributed by atoms with Crippen LogP contribution < -0.4 is 13.9 Å². The summed E-state index contributed by atoms with van der Waals surface area (Å²) < 4.78 is 104. The number of thioether (sulfide) groups is 1. The van der Waals surface area contributed by atoms with Crippen LogP contribution in [0.15, 0.2) is 117 Å². The number of rotatable bonds is 21. The van der Waals surface area contributed by atoms with Gasteiger partial charge in [0.2, 0.25) is 17.4 Å². The Hall–Kier alpha value is -3.75. The van der Waals surface area contributed by atoms with Crippen LogP contribution in [0.4, 0.5) is 11.4 Å². The summed E-state index contributed by atoms with van der Waals surface area (Å²) in [5.41, 5.74) is 5.14. The fourth-order valence-corrected chi connectivity index (χ4v) is 16.2. The summed E-state index contributed by atoms with van der Waals surface area (Å²) in [7, 11) is -15.9. The molecule has 4 aromatic carbocycles. The predicted molar refractivity (Wildman–Crippen MR) is 296 cm³/mol. The topological polar surface area (TPSA) is 174 Å². The van der Waals surface area contributed by atoms with Crippen LogP contribution >= 0.6 is 30.7 Å². The lowest BCUT2D eigenvalue weighted by molar-refractivity contribution is 0.0981. The van der Waals surface area contributed by atoms with Gasteiger partial charge in [0.1, 0.15) is 0 Å². The van der Waals surface area contributed by atoms with Gasteiger partial charge in [-0.05, 0) is 116 Å². The van der Waals surface area contributed by atoms with E-state index in [0.29, 0.717) is 52.0 Å². The number of allylic oxidation sites excluding steroid dienone is 1. The van der Waals surface area contributed by atoms with Crippen LogP contribution in [0.5, 0.6) is 0 Å². The number of carbonyl (C=O) groups is 1. The minimum absolute atomic E-state index is 0.0896. The number of sulfone groups is 1. The second kappa shape index (κ2) is 24.1. The fourth-order valence-electron chi connectivity index (χ4n) is 9.99. The van der Waals surface area contributed by atoms with E-state index in [2.05, 4.69) is 50.3 Å². The summed E-state index contributed by atoms with van der Waals surface area (Å²) in [5.74, 6) is -0.654. The molecule has 0 radical (unpaired) electrons. The number of nitrogens with zero attached hydrogens (tertiary/aromatic N) is 5. The molecule has 2 atom stereocenters. The first-order valence-corrected chi connectivity index (χ1v) is 33.5. The van der Waals surface area contributed by atoms with Gasteiger partial charge in [0.25, 0.3) is 15.9 Å². The SMILES string of the molecule is CCOP(C)(=O)CN1CCN(CC[C@H](CSc2ccccc2)N(c2ccc(S(=O)(=O)NC(=O)c3ccc(N4CCN(CC5=C(c6ccc(Cl)cc6)CCC(C)(C)C5)CC4)cc3)cc2S(C)(=O)=O)S(C)(=O)=O)CC1. The molecule has 1 unspecified atom stereocenters. The third-order valence-electron chi connectivity index (χ3n) is 13.7. The molecule has 0 saturated carbocycles. The van der Waals surface area contributed by atoms with Crippen molar-refractivity contribution < 1.29 is 39.1 Å². The molecule has 4 aromatic rings. The molecule has 1 amide bonds. The Morgan fingerprint density at radius 3 is 2.08 bits per heavy atom. The zero-order valence-corrected chi connectivity index (χ0v) is 47.6. The fraction of sp³-hybridized carbons (Fsp3) is 0.481. The van der Waals surface area contributed by atoms with Gasteiger partial charge in [-0.15, -0.1) is 11.8 Å². The molecule has 15 nitrogen and oxygen atoms in total. The Morgan fingerprint density at radius 2 is 1.47 bits per heavy atom. The second-order valence-electron chi connectivity index (χ2n) is 20.2. The largest absolute Gasteiger partial charge is 0.369 e. The van der Waals surface area contributed by atoms with Gasteiger partial charge in [-0.1, -0.05) is 61.4 Å². The number of hydrogen-bond acceptors (Lipinski definition) is 14. The van der Waals surface area contributed by atoms with Crippen LogP contribution in [-0.4, -0.2) is 155 Å². The van der Waals surface area contributed by atoms with Gasteiger partial charge in [0.15, 0.2) is 9.84 Å². The Bertz CT molecular complexity index is 2990. The van der Waals surface area contributed by atoms with Gasteiger partial charge in [0, 0.05) is 105 Å². The Balaban J connectivity index is 1.03. The number of anilines is 2. The maximum atomic E-state index is 13.9. The van der Waals surface area contributed by atoms with Crippen LogP contribution in [0.3, 0.4) is 0 Å². The number of amides is 1. The molecule has 0 bridgehead atoms. The predicted octanol–water partition coefficient (Wildman–Crippen LogP) is 8.48. The van der Waals surface area contributed by atoms with Crippen molar-refractivity contribution in [2.75, 3.05) is 112 Å². The maximum Gasteiger partial charge on any atom is 0.264 e. The average molecular weight is 1120 g/mol. The minimum atomic E-state index is -4.66. The highest BCUT2D eigenvalue weighted by Gasteiger charge is 2.35. The van der Waals surface area contributed by atoms with Crippen molar-refractivity contribution in [2.45, 2.75) is 67.2 Å². The molecule has 2 saturated heterocycles. The Morgan fingerprint density at radius 1 is 0.836 bits per heavy atom. The van der Waals surface area contributed by atoms with E-state index in [0.717, 1.165) is 96.5 Å². The van der Waals surface area contributed by atoms with Gasteiger partial charge in [0.05, 0.1) is 40.7 Å². The van der Waals surface area contributed by atoms with E-state index in [9.17, 15) is 34.6 Å². The third kappa shape index (κ3) is 15.7. The highest BCUT2D eigenvalue weighted by atomic mass is 35.5. The number of sulfonamides is 2. The summed E-state index contributed by atoms with van der Waals surface area (Å²) in [6, 6.07) is 26.8. The highest BCUT2D eigenvalue weighted by Crippen LogP contribution is 2.44. The smallest absolute Gasteiger partial charge is 0.264 e. The number of benzene rings is 4. The van der Waals surface area contributed by atoms with E-state index in [1.54, 1.807) is 30.9 Å². The normalized spacial score (nSPS) is 18.8. The summed E-state index contributed by atoms with van der Waals surface area (Å²) in [4.78, 5) is 22.4. The number of halogens is 1. The van der Waals surface area contributed by atoms with E-state index in [1.807, 2.05) is 49.4 Å². The van der Waals surface area contributed by atoms with E-state index < -0.39 is 59.0 Å². The first-order valence-electron chi connectivity index (χ1n) is 24.7. The van der Waals surface area contributed by atoms with Gasteiger partial charge in [-0.3, -0.25) is 23.5 Å². The number of hydrogen-bond donors (Lipinski definition) is 1. The van der Waals surface area contributed by atoms with Gasteiger partial charge in [-0.2, -0.15) is 0 Å². The lowest BCUT2D eigenvalue weighted by atomic mass is 9.73. The molecule has 21 heteroatoms. The molecule has 1 N–H and O–H groups in total. The molecule has 1 aliphatic carbocycles. The lowest BCUT2D eigenvalue weighted by Crippen LogP contribution is -2.49. The molecule has 0 spiro atoms. The van der Waals surface area contributed by atoms with Crippen molar-refractivity contribution in [2.24, 2.45) is 5.41 Å². The maximum absolute atomic E-state index is 13.9. The van der Waals surface area contributed by atoms with Gasteiger partial charge >= 0.3 is 0 Å². The first-order chi connectivity index (χ1) is 34.4. The summed E-state index contributed by atoms with van der Waals surface area (Å²) in [6.07, 6.45) is 5.75. The summed E-state index contributed by atoms with van der Waals surface area (Å²) >= 11 is 7.64. The van der Waals surface area contributed by atoms with Crippen LogP contribution in [-0.2, 0) is 39.0 Å². The van der Waals surface area contributed by atoms with Crippen molar-refractivity contribution in [1.82, 2.24) is 19.4 Å². The minimum Gasteiger partial charge on any atom is -0.369 e. The van der Waals surface area contributed by atoms with Crippen molar-refractivity contribution >= 4 is 83.5 Å². The average Bonchev–Trinajstić information content (AvgIpc) is 3.32. The van der Waals surface area contributed by atoms with Crippen molar-refractivity contribution in [1.29, 1.82) is 0 Å². The standard InChI is InChI=1S/C52H70ClN6O9PS4/c1-7-68-69(4,61)39-57-29-27-55(28-30-57)26-24-45(38-70-46-11-9-8-10-12-46)59(72(6,64)65)49-22-21-47(35-50(49)71(5,62)63)73(66,67)54-51(60)41-15-19-44(20-16-41)58-33-31-56(32-34-58)37-42-36-52(2,3)25-23-48(42)40-13-17-43(53)18-14-40/h8-22,35,45H,7,23-34,36-39H2,1-6H3,(H,54,60)/t45-,69?/m1/s1. The third-order valence-corrected chi connectivity index (χ3v) is 20.5. The zero-order valence-electron chi connectivity index (χ0n) is 42.7. The second-order valence-corrected chi connectivity index (χ2v) is 29.9. The van der Waals surface area contributed by atoms with Gasteiger partial charge < -0.3 is 14.3 Å². The van der Waals surface area contributed by atoms with Crippen molar-refractivity contribution in [3.8, 4) is 0 Å². The highest BCUT2D eigenvalue weighted by molar-refractivity contribution is 7.99. The lowest BCUT2D eigenvalue weighted by Gasteiger charge is -2.39. The van der Waals surface area contributed by atoms with Gasteiger partial charge in [-0.25, -0.2) is 30.0 Å². The molecule has 2 aliphatic heterocycles. The van der Waals surface area contributed by atoms with E-state index in [4.69, 9.17) is 16.1 Å². The van der Waals surface area contributed by atoms with E-state index in [1.165, 1.54) is 34.5 Å². The first kappa shape index (κ1) is 57.0. The van der Waals surface area contributed by atoms with Crippen molar-refractivity contribution in [3.63, 3.8) is 0 Å². The Kier molecular flexibility index (Phi) is 18.8. The van der Waals surface area contributed by atoms with E-state index in [-0.39, 0.29) is 22.4 Å². The van der Waals surface area contributed by atoms with Crippen LogP contribution in [0, 0.1) is 5.41 Å². The molecule has 398 valence electrons. The molecule has 3 aliphatic rings. The number of nitrogens with one attached hydrogen (secondary N) is 1.